The minimum atomic E-state index is -0.252. The molecule has 1 N–H and O–H groups in total. The lowest BCUT2D eigenvalue weighted by Gasteiger charge is -2.32. The number of nitrogens with zero attached hydrogens (tertiary/aromatic N) is 2. The van der Waals surface area contributed by atoms with Gasteiger partial charge in [-0.25, -0.2) is 9.59 Å². The van der Waals surface area contributed by atoms with E-state index in [1.54, 1.807) is 16.7 Å². The number of amides is 3. The van der Waals surface area contributed by atoms with Crippen LogP contribution >= 0.6 is 0 Å². The molecule has 0 atom stereocenters. The summed E-state index contributed by atoms with van der Waals surface area (Å²) in [6, 6.07) is 0.130. The van der Waals surface area contributed by atoms with Gasteiger partial charge in [-0.05, 0) is 26.2 Å². The standard InChI is InChI=1S/C14H27N3O3/c1-4-6-9-16(3)13(18)15-12-7-10-17(11-8-12)14(19)20-5-2/h12H,4-11H2,1-3H3,(H,15,18). The van der Waals surface area contributed by atoms with Gasteiger partial charge in [0.2, 0.25) is 0 Å². The second kappa shape index (κ2) is 8.66. The summed E-state index contributed by atoms with van der Waals surface area (Å²) >= 11 is 0. The first-order valence-corrected chi connectivity index (χ1v) is 7.51. The third-order valence-electron chi connectivity index (χ3n) is 3.54. The van der Waals surface area contributed by atoms with Crippen LogP contribution in [0, 0.1) is 0 Å². The summed E-state index contributed by atoms with van der Waals surface area (Å²) in [5.41, 5.74) is 0. The van der Waals surface area contributed by atoms with E-state index < -0.39 is 0 Å². The molecule has 20 heavy (non-hydrogen) atoms. The molecule has 6 nitrogen and oxygen atoms in total. The van der Waals surface area contributed by atoms with Crippen LogP contribution in [0.4, 0.5) is 9.59 Å². The Morgan fingerprint density at radius 3 is 2.50 bits per heavy atom. The zero-order chi connectivity index (χ0) is 15.0. The predicted octanol–water partition coefficient (Wildman–Crippen LogP) is 2.05. The Kier molecular flexibility index (Phi) is 7.18. The third-order valence-corrected chi connectivity index (χ3v) is 3.54. The van der Waals surface area contributed by atoms with E-state index >= 15 is 0 Å². The average Bonchev–Trinajstić information content (AvgIpc) is 2.45. The van der Waals surface area contributed by atoms with Gasteiger partial charge in [0.05, 0.1) is 6.61 Å². The molecular weight excluding hydrogens is 258 g/mol. The molecule has 0 aromatic carbocycles. The molecule has 1 aliphatic rings. The predicted molar refractivity (Wildman–Crippen MR) is 77.7 cm³/mol. The fourth-order valence-electron chi connectivity index (χ4n) is 2.20. The maximum absolute atomic E-state index is 11.9. The van der Waals surface area contributed by atoms with Gasteiger partial charge in [-0.2, -0.15) is 0 Å². The first-order chi connectivity index (χ1) is 9.58. The van der Waals surface area contributed by atoms with Crippen molar-refractivity contribution in [1.82, 2.24) is 15.1 Å². The molecule has 0 aromatic rings. The smallest absolute Gasteiger partial charge is 0.409 e. The summed E-state index contributed by atoms with van der Waals surface area (Å²) in [5, 5.41) is 3.03. The van der Waals surface area contributed by atoms with Gasteiger partial charge in [0, 0.05) is 32.7 Å². The van der Waals surface area contributed by atoms with Crippen molar-refractivity contribution in [1.29, 1.82) is 0 Å². The van der Waals surface area contributed by atoms with Gasteiger partial charge in [0.25, 0.3) is 0 Å². The third kappa shape index (κ3) is 5.27. The van der Waals surface area contributed by atoms with E-state index in [0.29, 0.717) is 19.7 Å². The Morgan fingerprint density at radius 2 is 1.95 bits per heavy atom. The highest BCUT2D eigenvalue weighted by Gasteiger charge is 2.25. The van der Waals surface area contributed by atoms with E-state index in [1.165, 1.54) is 0 Å². The minimum Gasteiger partial charge on any atom is -0.450 e. The molecule has 1 saturated heterocycles. The number of urea groups is 1. The second-order valence-corrected chi connectivity index (χ2v) is 5.18. The monoisotopic (exact) mass is 285 g/mol. The number of likely N-dealkylation sites (tertiary alicyclic amines) is 1. The van der Waals surface area contributed by atoms with Crippen LogP contribution in [0.15, 0.2) is 0 Å². The van der Waals surface area contributed by atoms with Crippen LogP contribution in [0.3, 0.4) is 0 Å². The number of nitrogens with one attached hydrogen (secondary N) is 1. The van der Waals surface area contributed by atoms with E-state index in [0.717, 1.165) is 32.2 Å². The lowest BCUT2D eigenvalue weighted by atomic mass is 10.1. The number of piperidine rings is 1. The molecule has 0 aromatic heterocycles. The molecule has 0 saturated carbocycles. The molecule has 1 heterocycles. The lowest BCUT2D eigenvalue weighted by molar-refractivity contribution is 0.0952. The summed E-state index contributed by atoms with van der Waals surface area (Å²) in [6.07, 6.45) is 3.41. The number of ether oxygens (including phenoxy) is 1. The summed E-state index contributed by atoms with van der Waals surface area (Å²) in [5.74, 6) is 0. The first kappa shape index (κ1) is 16.6. The molecule has 0 aliphatic carbocycles. The molecule has 0 bridgehead atoms. The molecule has 0 spiro atoms. The quantitative estimate of drug-likeness (QED) is 0.841. The molecule has 1 rings (SSSR count). The topological polar surface area (TPSA) is 61.9 Å². The van der Waals surface area contributed by atoms with Crippen LogP contribution in [0.25, 0.3) is 0 Å². The van der Waals surface area contributed by atoms with Gasteiger partial charge in [-0.15, -0.1) is 0 Å². The summed E-state index contributed by atoms with van der Waals surface area (Å²) in [4.78, 5) is 26.9. The van der Waals surface area contributed by atoms with E-state index in [4.69, 9.17) is 4.74 Å². The second-order valence-electron chi connectivity index (χ2n) is 5.18. The Bertz CT molecular complexity index is 315. The maximum Gasteiger partial charge on any atom is 0.409 e. The van der Waals surface area contributed by atoms with Gasteiger partial charge in [-0.3, -0.25) is 0 Å². The maximum atomic E-state index is 11.9. The fraction of sp³-hybridized carbons (Fsp3) is 0.857. The van der Waals surface area contributed by atoms with Crippen LogP contribution in [0.1, 0.15) is 39.5 Å². The summed E-state index contributed by atoms with van der Waals surface area (Å²) in [7, 11) is 1.82. The van der Waals surface area contributed by atoms with E-state index in [2.05, 4.69) is 12.2 Å². The zero-order valence-electron chi connectivity index (χ0n) is 12.9. The van der Waals surface area contributed by atoms with Gasteiger partial charge < -0.3 is 19.9 Å². The van der Waals surface area contributed by atoms with Crippen molar-refractivity contribution in [3.8, 4) is 0 Å². The number of rotatable bonds is 5. The van der Waals surface area contributed by atoms with Crippen LogP contribution in [0.5, 0.6) is 0 Å². The number of carbonyl (C=O) groups excluding carboxylic acids is 2. The fourth-order valence-corrected chi connectivity index (χ4v) is 2.20. The van der Waals surface area contributed by atoms with Crippen molar-refractivity contribution in [3.63, 3.8) is 0 Å². The van der Waals surface area contributed by atoms with Gasteiger partial charge in [0.1, 0.15) is 0 Å². The molecule has 0 unspecified atom stereocenters. The Hall–Kier alpha value is -1.46. The van der Waals surface area contributed by atoms with Crippen LogP contribution in [0.2, 0.25) is 0 Å². The molecule has 6 heteroatoms. The van der Waals surface area contributed by atoms with E-state index in [-0.39, 0.29) is 18.2 Å². The van der Waals surface area contributed by atoms with Crippen molar-refractivity contribution in [3.05, 3.63) is 0 Å². The van der Waals surface area contributed by atoms with Crippen LogP contribution < -0.4 is 5.32 Å². The molecule has 116 valence electrons. The van der Waals surface area contributed by atoms with Crippen molar-refractivity contribution in [2.45, 2.75) is 45.6 Å². The van der Waals surface area contributed by atoms with Crippen molar-refractivity contribution < 1.29 is 14.3 Å². The number of hydrogen-bond acceptors (Lipinski definition) is 3. The first-order valence-electron chi connectivity index (χ1n) is 7.51. The SMILES string of the molecule is CCCCN(C)C(=O)NC1CCN(C(=O)OCC)CC1. The van der Waals surface area contributed by atoms with Crippen LogP contribution in [-0.2, 0) is 4.74 Å². The normalized spacial score (nSPS) is 15.8. The Morgan fingerprint density at radius 1 is 1.30 bits per heavy atom. The lowest BCUT2D eigenvalue weighted by Crippen LogP contribution is -2.49. The van der Waals surface area contributed by atoms with Crippen molar-refractivity contribution in [2.24, 2.45) is 0 Å². The van der Waals surface area contributed by atoms with Crippen molar-refractivity contribution >= 4 is 12.1 Å². The molecule has 1 aliphatic heterocycles. The highest BCUT2D eigenvalue weighted by atomic mass is 16.6. The number of carbonyl (C=O) groups is 2. The highest BCUT2D eigenvalue weighted by Crippen LogP contribution is 2.11. The summed E-state index contributed by atoms with van der Waals surface area (Å²) < 4.78 is 4.97. The minimum absolute atomic E-state index is 0.0203. The largest absolute Gasteiger partial charge is 0.450 e. The number of hydrogen-bond donors (Lipinski definition) is 1. The van der Waals surface area contributed by atoms with E-state index in [1.807, 2.05) is 7.05 Å². The van der Waals surface area contributed by atoms with Gasteiger partial charge in [0.15, 0.2) is 0 Å². The molecule has 0 radical (unpaired) electrons. The van der Waals surface area contributed by atoms with Crippen LogP contribution in [-0.4, -0.2) is 61.3 Å². The summed E-state index contributed by atoms with van der Waals surface area (Å²) in [6.45, 7) is 6.38. The van der Waals surface area contributed by atoms with Crippen molar-refractivity contribution in [2.75, 3.05) is 33.3 Å². The zero-order valence-corrected chi connectivity index (χ0v) is 12.9. The number of unbranched alkanes of at least 4 members (excludes halogenated alkanes) is 1. The molecular formula is C14H27N3O3. The average molecular weight is 285 g/mol. The molecule has 1 fully saturated rings. The Balaban J connectivity index is 2.28. The Labute approximate surface area is 121 Å². The van der Waals surface area contributed by atoms with Gasteiger partial charge >= 0.3 is 12.1 Å². The van der Waals surface area contributed by atoms with E-state index in [9.17, 15) is 9.59 Å². The van der Waals surface area contributed by atoms with Gasteiger partial charge in [-0.1, -0.05) is 13.3 Å². The highest BCUT2D eigenvalue weighted by molar-refractivity contribution is 5.74. The molecule has 3 amide bonds.